The van der Waals surface area contributed by atoms with Crippen molar-refractivity contribution in [3.8, 4) is 0 Å². The summed E-state index contributed by atoms with van der Waals surface area (Å²) in [5, 5.41) is 3.34. The maximum atomic E-state index is 5.50. The molecule has 1 aliphatic heterocycles. The molecule has 0 aliphatic carbocycles. The van der Waals surface area contributed by atoms with E-state index in [4.69, 9.17) is 4.74 Å². The molecule has 0 saturated carbocycles. The van der Waals surface area contributed by atoms with Gasteiger partial charge < -0.3 is 15.0 Å². The quantitative estimate of drug-likeness (QED) is 0.753. The lowest BCUT2D eigenvalue weighted by molar-refractivity contribution is 0.110. The second kappa shape index (κ2) is 4.57. The van der Waals surface area contributed by atoms with Crippen LogP contribution in [0.2, 0.25) is 0 Å². The summed E-state index contributed by atoms with van der Waals surface area (Å²) in [4.78, 5) is 7.41. The summed E-state index contributed by atoms with van der Waals surface area (Å²) < 4.78 is 5.50. The number of aromatic nitrogens is 2. The Bertz CT molecular complexity index is 279. The third-order valence-corrected chi connectivity index (χ3v) is 2.44. The molecule has 4 heteroatoms. The van der Waals surface area contributed by atoms with E-state index in [0.717, 1.165) is 31.2 Å². The van der Waals surface area contributed by atoms with Crippen molar-refractivity contribution < 1.29 is 4.74 Å². The largest absolute Gasteiger partial charge is 0.377 e. The van der Waals surface area contributed by atoms with Crippen LogP contribution in [0, 0.1) is 6.92 Å². The fourth-order valence-electron chi connectivity index (χ4n) is 1.71. The number of hydrogen-bond acceptors (Lipinski definition) is 3. The predicted octanol–water partition coefficient (Wildman–Crippen LogP) is 0.987. The van der Waals surface area contributed by atoms with E-state index in [1.807, 2.05) is 13.1 Å². The molecule has 1 aliphatic rings. The topological polar surface area (TPSA) is 49.9 Å². The monoisotopic (exact) mass is 195 g/mol. The Labute approximate surface area is 84.1 Å². The van der Waals surface area contributed by atoms with E-state index in [2.05, 4.69) is 15.3 Å². The van der Waals surface area contributed by atoms with Crippen molar-refractivity contribution in [3.05, 3.63) is 17.7 Å². The SMILES string of the molecule is Cc1cnc(CNCC2CCCO2)[nH]1. The molecule has 1 atom stereocenters. The summed E-state index contributed by atoms with van der Waals surface area (Å²) in [6.45, 7) is 4.66. The first-order chi connectivity index (χ1) is 6.84. The van der Waals surface area contributed by atoms with Gasteiger partial charge in [-0.2, -0.15) is 0 Å². The molecule has 14 heavy (non-hydrogen) atoms. The van der Waals surface area contributed by atoms with Gasteiger partial charge >= 0.3 is 0 Å². The molecule has 0 spiro atoms. The van der Waals surface area contributed by atoms with Crippen LogP contribution in [0.15, 0.2) is 6.20 Å². The molecule has 2 rings (SSSR count). The van der Waals surface area contributed by atoms with Gasteiger partial charge in [0.05, 0.1) is 12.6 Å². The molecule has 4 nitrogen and oxygen atoms in total. The second-order valence-electron chi connectivity index (χ2n) is 3.78. The molecule has 0 bridgehead atoms. The van der Waals surface area contributed by atoms with E-state index in [9.17, 15) is 0 Å². The lowest BCUT2D eigenvalue weighted by Gasteiger charge is -2.09. The fourth-order valence-corrected chi connectivity index (χ4v) is 1.71. The Morgan fingerprint density at radius 3 is 3.29 bits per heavy atom. The molecule has 2 heterocycles. The first kappa shape index (κ1) is 9.68. The summed E-state index contributed by atoms with van der Waals surface area (Å²) in [5.74, 6) is 1.00. The number of aryl methyl sites for hydroxylation is 1. The number of nitrogens with one attached hydrogen (secondary N) is 2. The first-order valence-corrected chi connectivity index (χ1v) is 5.17. The van der Waals surface area contributed by atoms with Crippen LogP contribution in [-0.2, 0) is 11.3 Å². The molecule has 2 N–H and O–H groups in total. The Hall–Kier alpha value is -0.870. The van der Waals surface area contributed by atoms with E-state index < -0.39 is 0 Å². The zero-order valence-corrected chi connectivity index (χ0v) is 8.55. The number of rotatable bonds is 4. The van der Waals surface area contributed by atoms with Gasteiger partial charge in [-0.25, -0.2) is 4.98 Å². The molecule has 0 radical (unpaired) electrons. The van der Waals surface area contributed by atoms with Crippen LogP contribution in [0.3, 0.4) is 0 Å². The van der Waals surface area contributed by atoms with Gasteiger partial charge in [0, 0.05) is 25.0 Å². The number of H-pyrrole nitrogens is 1. The fraction of sp³-hybridized carbons (Fsp3) is 0.700. The molecule has 1 aromatic rings. The van der Waals surface area contributed by atoms with E-state index in [1.165, 1.54) is 12.8 Å². The van der Waals surface area contributed by atoms with Gasteiger partial charge in [0.1, 0.15) is 5.82 Å². The highest BCUT2D eigenvalue weighted by Gasteiger charge is 2.14. The zero-order valence-electron chi connectivity index (χ0n) is 8.55. The summed E-state index contributed by atoms with van der Waals surface area (Å²) in [6, 6.07) is 0. The van der Waals surface area contributed by atoms with Crippen LogP contribution in [0.1, 0.15) is 24.4 Å². The summed E-state index contributed by atoms with van der Waals surface area (Å²) in [5.41, 5.74) is 1.11. The molecule has 78 valence electrons. The Balaban J connectivity index is 1.67. The van der Waals surface area contributed by atoms with Gasteiger partial charge in [0.25, 0.3) is 0 Å². The van der Waals surface area contributed by atoms with Crippen LogP contribution in [0.4, 0.5) is 0 Å². The first-order valence-electron chi connectivity index (χ1n) is 5.17. The molecular weight excluding hydrogens is 178 g/mol. The van der Waals surface area contributed by atoms with Crippen LogP contribution in [0.5, 0.6) is 0 Å². The average Bonchev–Trinajstić information content (AvgIpc) is 2.77. The highest BCUT2D eigenvalue weighted by Crippen LogP contribution is 2.10. The molecule has 0 aromatic carbocycles. The highest BCUT2D eigenvalue weighted by molar-refractivity contribution is 4.97. The zero-order chi connectivity index (χ0) is 9.80. The van der Waals surface area contributed by atoms with E-state index >= 15 is 0 Å². The van der Waals surface area contributed by atoms with Crippen molar-refractivity contribution in [2.75, 3.05) is 13.2 Å². The molecule has 1 unspecified atom stereocenters. The van der Waals surface area contributed by atoms with Crippen molar-refractivity contribution >= 4 is 0 Å². The number of imidazole rings is 1. The van der Waals surface area contributed by atoms with Crippen molar-refractivity contribution in [1.82, 2.24) is 15.3 Å². The maximum Gasteiger partial charge on any atom is 0.120 e. The third kappa shape index (κ3) is 2.56. The van der Waals surface area contributed by atoms with Crippen LogP contribution in [0.25, 0.3) is 0 Å². The minimum Gasteiger partial charge on any atom is -0.377 e. The van der Waals surface area contributed by atoms with E-state index in [0.29, 0.717) is 6.10 Å². The Morgan fingerprint density at radius 2 is 2.64 bits per heavy atom. The summed E-state index contributed by atoms with van der Waals surface area (Å²) in [6.07, 6.45) is 4.64. The lowest BCUT2D eigenvalue weighted by atomic mass is 10.2. The number of aromatic amines is 1. The van der Waals surface area contributed by atoms with Gasteiger partial charge in [-0.05, 0) is 19.8 Å². The molecule has 1 saturated heterocycles. The van der Waals surface area contributed by atoms with E-state index in [-0.39, 0.29) is 0 Å². The highest BCUT2D eigenvalue weighted by atomic mass is 16.5. The van der Waals surface area contributed by atoms with Gasteiger partial charge in [0.2, 0.25) is 0 Å². The lowest BCUT2D eigenvalue weighted by Crippen LogP contribution is -2.26. The van der Waals surface area contributed by atoms with Crippen LogP contribution < -0.4 is 5.32 Å². The predicted molar refractivity (Wildman–Crippen MR) is 54.0 cm³/mol. The smallest absolute Gasteiger partial charge is 0.120 e. The van der Waals surface area contributed by atoms with Gasteiger partial charge in [-0.1, -0.05) is 0 Å². The standard InChI is InChI=1S/C10H17N3O/c1-8-5-12-10(13-8)7-11-6-9-3-2-4-14-9/h5,9,11H,2-4,6-7H2,1H3,(H,12,13). The summed E-state index contributed by atoms with van der Waals surface area (Å²) >= 11 is 0. The van der Waals surface area contributed by atoms with Crippen LogP contribution in [-0.4, -0.2) is 29.2 Å². The molecular formula is C10H17N3O. The van der Waals surface area contributed by atoms with Crippen molar-refractivity contribution in [2.45, 2.75) is 32.4 Å². The second-order valence-corrected chi connectivity index (χ2v) is 3.78. The van der Waals surface area contributed by atoms with Crippen LogP contribution >= 0.6 is 0 Å². The van der Waals surface area contributed by atoms with Crippen molar-refractivity contribution in [1.29, 1.82) is 0 Å². The minimum atomic E-state index is 0.408. The Morgan fingerprint density at radius 1 is 1.71 bits per heavy atom. The van der Waals surface area contributed by atoms with E-state index in [1.54, 1.807) is 0 Å². The average molecular weight is 195 g/mol. The van der Waals surface area contributed by atoms with Gasteiger partial charge in [-0.3, -0.25) is 0 Å². The number of ether oxygens (including phenoxy) is 1. The number of nitrogens with zero attached hydrogens (tertiary/aromatic N) is 1. The third-order valence-electron chi connectivity index (χ3n) is 2.44. The Kier molecular flexibility index (Phi) is 3.16. The van der Waals surface area contributed by atoms with Gasteiger partial charge in [0.15, 0.2) is 0 Å². The minimum absolute atomic E-state index is 0.408. The van der Waals surface area contributed by atoms with Gasteiger partial charge in [-0.15, -0.1) is 0 Å². The van der Waals surface area contributed by atoms with Crippen molar-refractivity contribution in [2.24, 2.45) is 0 Å². The van der Waals surface area contributed by atoms with Crippen molar-refractivity contribution in [3.63, 3.8) is 0 Å². The molecule has 1 aromatic heterocycles. The molecule has 1 fully saturated rings. The normalized spacial score (nSPS) is 21.6. The maximum absolute atomic E-state index is 5.50. The molecule has 0 amide bonds. The summed E-state index contributed by atoms with van der Waals surface area (Å²) in [7, 11) is 0. The number of hydrogen-bond donors (Lipinski definition) is 2.